The van der Waals surface area contributed by atoms with Gasteiger partial charge >= 0.3 is 0 Å². The summed E-state index contributed by atoms with van der Waals surface area (Å²) in [6.07, 6.45) is 2.32. The summed E-state index contributed by atoms with van der Waals surface area (Å²) in [4.78, 5) is 5.36. The molecule has 0 radical (unpaired) electrons. The highest BCUT2D eigenvalue weighted by Gasteiger charge is 2.49. The Balaban J connectivity index is 1.36. The first-order valence-electron chi connectivity index (χ1n) is 22.1. The van der Waals surface area contributed by atoms with Gasteiger partial charge in [0.1, 0.15) is 0 Å². The van der Waals surface area contributed by atoms with Gasteiger partial charge in [0.05, 0.1) is 11.4 Å². The van der Waals surface area contributed by atoms with Gasteiger partial charge in [-0.25, -0.2) is 0 Å². The molecule has 0 amide bonds. The van der Waals surface area contributed by atoms with Gasteiger partial charge in [-0.1, -0.05) is 142 Å². The fourth-order valence-electron chi connectivity index (χ4n) is 10.6. The third kappa shape index (κ3) is 5.95. The maximum absolute atomic E-state index is 2.73. The average Bonchev–Trinajstić information content (AvgIpc) is 3.56. The predicted octanol–water partition coefficient (Wildman–Crippen LogP) is 14.2. The van der Waals surface area contributed by atoms with E-state index >= 15 is 0 Å². The molecular formula is C56H59BN2S. The van der Waals surface area contributed by atoms with E-state index in [2.05, 4.69) is 208 Å². The predicted molar refractivity (Wildman–Crippen MR) is 263 cm³/mol. The van der Waals surface area contributed by atoms with E-state index in [1.807, 2.05) is 11.3 Å². The monoisotopic (exact) mass is 802 g/mol. The Labute approximate surface area is 363 Å². The quantitative estimate of drug-likeness (QED) is 0.164. The summed E-state index contributed by atoms with van der Waals surface area (Å²) in [5, 5.41) is 1.34. The van der Waals surface area contributed by atoms with Gasteiger partial charge in [-0.05, 0) is 141 Å². The molecule has 2 nitrogen and oxygen atoms in total. The van der Waals surface area contributed by atoms with Crippen LogP contribution in [0.15, 0.2) is 115 Å². The van der Waals surface area contributed by atoms with E-state index in [4.69, 9.17) is 0 Å². The minimum atomic E-state index is -0.0214. The van der Waals surface area contributed by atoms with Gasteiger partial charge in [-0.2, -0.15) is 0 Å². The summed E-state index contributed by atoms with van der Waals surface area (Å²) in [7, 11) is 0. The summed E-state index contributed by atoms with van der Waals surface area (Å²) in [6, 6.07) is 45.0. The van der Waals surface area contributed by atoms with Gasteiger partial charge in [0.15, 0.2) is 0 Å². The van der Waals surface area contributed by atoms with Crippen LogP contribution in [0.5, 0.6) is 0 Å². The zero-order valence-electron chi connectivity index (χ0n) is 37.8. The van der Waals surface area contributed by atoms with Crippen LogP contribution in [0.25, 0.3) is 21.2 Å². The molecule has 0 atom stereocenters. The first-order valence-corrected chi connectivity index (χ1v) is 22.9. The molecule has 3 aliphatic rings. The fourth-order valence-corrected chi connectivity index (χ4v) is 11.9. The molecule has 0 spiro atoms. The molecule has 3 heterocycles. The molecule has 10 rings (SSSR count). The van der Waals surface area contributed by atoms with Crippen molar-refractivity contribution >= 4 is 78.0 Å². The zero-order valence-corrected chi connectivity index (χ0v) is 38.6. The highest BCUT2D eigenvalue weighted by Crippen LogP contribution is 2.55. The molecule has 0 bridgehead atoms. The average molecular weight is 803 g/mol. The number of rotatable bonds is 3. The van der Waals surface area contributed by atoms with Gasteiger partial charge in [0.2, 0.25) is 0 Å². The van der Waals surface area contributed by atoms with Crippen molar-refractivity contribution in [3.8, 4) is 11.1 Å². The smallest absolute Gasteiger partial charge is 0.264 e. The first-order chi connectivity index (χ1) is 28.3. The van der Waals surface area contributed by atoms with E-state index in [0.29, 0.717) is 0 Å². The van der Waals surface area contributed by atoms with Gasteiger partial charge < -0.3 is 9.80 Å². The van der Waals surface area contributed by atoms with Crippen molar-refractivity contribution in [1.82, 2.24) is 0 Å². The second-order valence-electron chi connectivity index (χ2n) is 21.5. The van der Waals surface area contributed by atoms with E-state index in [9.17, 15) is 0 Å². The maximum atomic E-state index is 2.73. The van der Waals surface area contributed by atoms with E-state index in [-0.39, 0.29) is 28.4 Å². The lowest BCUT2D eigenvalue weighted by Gasteiger charge is -2.49. The van der Waals surface area contributed by atoms with Crippen molar-refractivity contribution in [2.45, 2.75) is 118 Å². The normalized spacial score (nSPS) is 16.4. The van der Waals surface area contributed by atoms with Crippen molar-refractivity contribution in [3.63, 3.8) is 0 Å². The summed E-state index contributed by atoms with van der Waals surface area (Å²) >= 11 is 2.00. The number of hydrogen-bond acceptors (Lipinski definition) is 3. The SMILES string of the molecule is Cc1cc2c3c(c1)N(c1ccc(C(C)(C)C)cc1)c1c(sc4ccc(C)cc14)B3c1ccc3c(c1N2c1ccc(C(C)(C)C)cc1-c1ccccc1)C(C)(C)CCC3(C)C. The Kier molecular flexibility index (Phi) is 8.62. The summed E-state index contributed by atoms with van der Waals surface area (Å²) < 4.78 is 2.79. The first kappa shape index (κ1) is 39.1. The van der Waals surface area contributed by atoms with E-state index in [1.165, 1.54) is 111 Å². The minimum Gasteiger partial charge on any atom is -0.310 e. The Morgan fingerprint density at radius 1 is 0.583 bits per heavy atom. The highest BCUT2D eigenvalue weighted by molar-refractivity contribution is 7.33. The molecule has 0 unspecified atom stereocenters. The second-order valence-corrected chi connectivity index (χ2v) is 22.6. The Bertz CT molecular complexity index is 2860. The number of anilines is 6. The Morgan fingerprint density at radius 2 is 1.23 bits per heavy atom. The van der Waals surface area contributed by atoms with Crippen molar-refractivity contribution in [3.05, 3.63) is 149 Å². The molecule has 1 aromatic heterocycles. The third-order valence-electron chi connectivity index (χ3n) is 14.1. The number of benzene rings is 6. The third-order valence-corrected chi connectivity index (χ3v) is 15.3. The zero-order chi connectivity index (χ0) is 42.3. The lowest BCUT2D eigenvalue weighted by Crippen LogP contribution is -2.61. The Hall–Kier alpha value is -5.06. The van der Waals surface area contributed by atoms with Crippen LogP contribution in [0.2, 0.25) is 0 Å². The summed E-state index contributed by atoms with van der Waals surface area (Å²) in [5.41, 5.74) is 21.5. The molecule has 4 heteroatoms. The molecular weight excluding hydrogens is 744 g/mol. The number of nitrogens with zero attached hydrogens (tertiary/aromatic N) is 2. The van der Waals surface area contributed by atoms with E-state index in [1.54, 1.807) is 0 Å². The van der Waals surface area contributed by atoms with Crippen molar-refractivity contribution < 1.29 is 0 Å². The maximum Gasteiger partial charge on any atom is 0.264 e. The van der Waals surface area contributed by atoms with Crippen molar-refractivity contribution in [1.29, 1.82) is 0 Å². The standard InChI is InChI=1S/C56H59BN2S/c1-34-18-27-47-41(30-34)50-52(60-47)57-43-25-24-42-48(56(11,12)29-28-55(42,9)10)51(43)59(44-26-21-38(54(6,7)8)33-40(44)36-16-14-13-15-17-36)46-32-35(2)31-45(49(46)57)58(50)39-22-19-37(20-23-39)53(3,4)5/h13-27,30-33H,28-29H2,1-12H3. The van der Waals surface area contributed by atoms with Crippen LogP contribution in [-0.4, -0.2) is 6.71 Å². The van der Waals surface area contributed by atoms with Crippen LogP contribution < -0.4 is 25.5 Å². The van der Waals surface area contributed by atoms with Gasteiger partial charge in [0, 0.05) is 43.2 Å². The van der Waals surface area contributed by atoms with E-state index in [0.717, 1.165) is 6.42 Å². The molecule has 302 valence electrons. The molecule has 0 fully saturated rings. The van der Waals surface area contributed by atoms with Crippen LogP contribution in [-0.2, 0) is 21.7 Å². The van der Waals surface area contributed by atoms with Crippen LogP contribution in [0.1, 0.15) is 115 Å². The topological polar surface area (TPSA) is 6.48 Å². The summed E-state index contributed by atoms with van der Waals surface area (Å²) in [6.45, 7) is 28.5. The molecule has 6 aromatic carbocycles. The fraction of sp³-hybridized carbons (Fsp3) is 0.321. The Morgan fingerprint density at radius 3 is 1.92 bits per heavy atom. The lowest BCUT2D eigenvalue weighted by molar-refractivity contribution is 0.333. The molecule has 1 aliphatic carbocycles. The second kappa shape index (κ2) is 13.2. The van der Waals surface area contributed by atoms with Crippen LogP contribution in [0, 0.1) is 13.8 Å². The molecule has 0 N–H and O–H groups in total. The summed E-state index contributed by atoms with van der Waals surface area (Å²) in [5.74, 6) is 0. The number of aryl methyl sites for hydroxylation is 2. The largest absolute Gasteiger partial charge is 0.310 e. The molecule has 0 saturated heterocycles. The van der Waals surface area contributed by atoms with Gasteiger partial charge in [-0.3, -0.25) is 0 Å². The van der Waals surface area contributed by atoms with Crippen LogP contribution in [0.3, 0.4) is 0 Å². The van der Waals surface area contributed by atoms with Gasteiger partial charge in [-0.15, -0.1) is 11.3 Å². The lowest BCUT2D eigenvalue weighted by atomic mass is 9.35. The van der Waals surface area contributed by atoms with Gasteiger partial charge in [0.25, 0.3) is 6.71 Å². The highest BCUT2D eigenvalue weighted by atomic mass is 32.1. The molecule has 2 aliphatic heterocycles. The van der Waals surface area contributed by atoms with E-state index < -0.39 is 0 Å². The number of hydrogen-bond donors (Lipinski definition) is 0. The number of fused-ring (bicyclic) bond motifs is 8. The molecule has 7 aromatic rings. The van der Waals surface area contributed by atoms with Crippen LogP contribution >= 0.6 is 11.3 Å². The number of thiophene rings is 1. The van der Waals surface area contributed by atoms with Crippen LogP contribution in [0.4, 0.5) is 34.1 Å². The van der Waals surface area contributed by atoms with Crippen molar-refractivity contribution in [2.24, 2.45) is 0 Å². The molecule has 60 heavy (non-hydrogen) atoms. The minimum absolute atomic E-state index is 0.000385. The van der Waals surface area contributed by atoms with Crippen molar-refractivity contribution in [2.75, 3.05) is 9.80 Å². The molecule has 0 saturated carbocycles.